The van der Waals surface area contributed by atoms with Gasteiger partial charge in [0.25, 0.3) is 0 Å². The molecule has 4 heteroatoms. The van der Waals surface area contributed by atoms with Crippen LogP contribution in [-0.2, 0) is 6.54 Å². The molecule has 1 heterocycles. The summed E-state index contributed by atoms with van der Waals surface area (Å²) in [7, 11) is 0. The minimum absolute atomic E-state index is 0.0153. The summed E-state index contributed by atoms with van der Waals surface area (Å²) < 4.78 is 5.22. The van der Waals surface area contributed by atoms with Crippen LogP contribution in [0.4, 0.5) is 0 Å². The van der Waals surface area contributed by atoms with E-state index in [4.69, 9.17) is 9.52 Å². The van der Waals surface area contributed by atoms with Gasteiger partial charge >= 0.3 is 5.97 Å². The van der Waals surface area contributed by atoms with Crippen LogP contribution in [0.15, 0.2) is 16.5 Å². The molecule has 4 nitrogen and oxygen atoms in total. The van der Waals surface area contributed by atoms with Gasteiger partial charge < -0.3 is 14.8 Å². The van der Waals surface area contributed by atoms with E-state index in [-0.39, 0.29) is 5.76 Å². The summed E-state index contributed by atoms with van der Waals surface area (Å²) in [5, 5.41) is 12.2. The molecule has 1 aliphatic carbocycles. The molecule has 0 unspecified atom stereocenters. The zero-order valence-corrected chi connectivity index (χ0v) is 10.8. The third kappa shape index (κ3) is 3.35. The van der Waals surface area contributed by atoms with Gasteiger partial charge in [-0.15, -0.1) is 0 Å². The Morgan fingerprint density at radius 2 is 2.11 bits per heavy atom. The minimum atomic E-state index is -1.01. The Morgan fingerprint density at radius 3 is 2.67 bits per heavy atom. The first-order chi connectivity index (χ1) is 8.69. The fourth-order valence-corrected chi connectivity index (χ4v) is 2.61. The van der Waals surface area contributed by atoms with Gasteiger partial charge in [0.05, 0.1) is 6.54 Å². The van der Waals surface area contributed by atoms with E-state index in [0.717, 1.165) is 5.92 Å². The van der Waals surface area contributed by atoms with Crippen molar-refractivity contribution in [3.05, 3.63) is 23.7 Å². The maximum absolute atomic E-state index is 10.7. The summed E-state index contributed by atoms with van der Waals surface area (Å²) in [5.41, 5.74) is 0. The summed E-state index contributed by atoms with van der Waals surface area (Å²) in [6.07, 6.45) is 6.31. The molecule has 0 radical (unpaired) electrons. The predicted molar refractivity (Wildman–Crippen MR) is 68.5 cm³/mol. The highest BCUT2D eigenvalue weighted by molar-refractivity contribution is 5.84. The Kier molecular flexibility index (Phi) is 4.42. The third-order valence-electron chi connectivity index (χ3n) is 3.86. The molecule has 0 saturated heterocycles. The lowest BCUT2D eigenvalue weighted by molar-refractivity contribution is 0.0660. The first-order valence-corrected chi connectivity index (χ1v) is 6.74. The molecule has 1 aromatic rings. The van der Waals surface area contributed by atoms with Crippen molar-refractivity contribution in [2.75, 3.05) is 0 Å². The molecule has 0 aliphatic heterocycles. The first kappa shape index (κ1) is 13.1. The molecule has 0 atom stereocenters. The number of aromatic carboxylic acids is 1. The Balaban J connectivity index is 1.76. The summed E-state index contributed by atoms with van der Waals surface area (Å²) in [5.74, 6) is 0.599. The lowest BCUT2D eigenvalue weighted by Gasteiger charge is -2.28. The van der Waals surface area contributed by atoms with Crippen LogP contribution in [0.5, 0.6) is 0 Å². The maximum Gasteiger partial charge on any atom is 0.371 e. The smallest absolute Gasteiger partial charge is 0.371 e. The third-order valence-corrected chi connectivity index (χ3v) is 3.86. The number of carboxylic acid groups (broad SMARTS) is 1. The fraction of sp³-hybridized carbons (Fsp3) is 0.643. The van der Waals surface area contributed by atoms with Crippen LogP contribution >= 0.6 is 0 Å². The summed E-state index contributed by atoms with van der Waals surface area (Å²) >= 11 is 0. The predicted octanol–water partition coefficient (Wildman–Crippen LogP) is 3.04. The number of rotatable bonds is 5. The number of carboxylic acids is 1. The van der Waals surface area contributed by atoms with E-state index in [0.29, 0.717) is 18.3 Å². The van der Waals surface area contributed by atoms with Gasteiger partial charge in [-0.05, 0) is 43.7 Å². The van der Waals surface area contributed by atoms with Crippen molar-refractivity contribution in [2.24, 2.45) is 5.92 Å². The van der Waals surface area contributed by atoms with Crippen LogP contribution < -0.4 is 5.32 Å². The highest BCUT2D eigenvalue weighted by atomic mass is 16.4. The Bertz CT molecular complexity index is 391. The molecular formula is C14H21NO3. The quantitative estimate of drug-likeness (QED) is 0.844. The van der Waals surface area contributed by atoms with Crippen LogP contribution in [0, 0.1) is 5.92 Å². The molecule has 0 amide bonds. The van der Waals surface area contributed by atoms with Gasteiger partial charge in [0.15, 0.2) is 0 Å². The lowest BCUT2D eigenvalue weighted by atomic mass is 9.84. The van der Waals surface area contributed by atoms with Gasteiger partial charge in [-0.2, -0.15) is 0 Å². The van der Waals surface area contributed by atoms with E-state index in [1.807, 2.05) is 0 Å². The molecular weight excluding hydrogens is 230 g/mol. The van der Waals surface area contributed by atoms with Gasteiger partial charge in [0, 0.05) is 6.04 Å². The maximum atomic E-state index is 10.7. The van der Waals surface area contributed by atoms with Crippen LogP contribution in [0.3, 0.4) is 0 Å². The van der Waals surface area contributed by atoms with Crippen molar-refractivity contribution in [1.29, 1.82) is 0 Å². The highest BCUT2D eigenvalue weighted by Gasteiger charge is 2.19. The van der Waals surface area contributed by atoms with Crippen molar-refractivity contribution >= 4 is 5.97 Å². The average molecular weight is 251 g/mol. The average Bonchev–Trinajstić information content (AvgIpc) is 2.86. The number of hydrogen-bond donors (Lipinski definition) is 2. The molecule has 1 saturated carbocycles. The molecule has 2 rings (SSSR count). The standard InChI is InChI=1S/C14H21NO3/c1-2-10-3-5-11(6-4-10)15-9-12-7-8-13(18-12)14(16)17/h7-8,10-11,15H,2-6,9H2,1H3,(H,16,17). The van der Waals surface area contributed by atoms with E-state index in [1.54, 1.807) is 6.07 Å². The Labute approximate surface area is 107 Å². The number of hydrogen-bond acceptors (Lipinski definition) is 3. The van der Waals surface area contributed by atoms with Crippen molar-refractivity contribution in [3.63, 3.8) is 0 Å². The van der Waals surface area contributed by atoms with Gasteiger partial charge in [-0.25, -0.2) is 4.79 Å². The minimum Gasteiger partial charge on any atom is -0.475 e. The van der Waals surface area contributed by atoms with Gasteiger partial charge in [-0.3, -0.25) is 0 Å². The lowest BCUT2D eigenvalue weighted by Crippen LogP contribution is -2.32. The Hall–Kier alpha value is -1.29. The topological polar surface area (TPSA) is 62.5 Å². The second kappa shape index (κ2) is 6.05. The molecule has 1 aromatic heterocycles. The molecule has 18 heavy (non-hydrogen) atoms. The zero-order chi connectivity index (χ0) is 13.0. The second-order valence-corrected chi connectivity index (χ2v) is 5.08. The molecule has 100 valence electrons. The largest absolute Gasteiger partial charge is 0.475 e. The van der Waals surface area contributed by atoms with Crippen molar-refractivity contribution in [1.82, 2.24) is 5.32 Å². The van der Waals surface area contributed by atoms with Crippen LogP contribution in [-0.4, -0.2) is 17.1 Å². The number of furan rings is 1. The number of nitrogens with one attached hydrogen (secondary N) is 1. The summed E-state index contributed by atoms with van der Waals surface area (Å²) in [4.78, 5) is 10.7. The fourth-order valence-electron chi connectivity index (χ4n) is 2.61. The molecule has 0 spiro atoms. The monoisotopic (exact) mass is 251 g/mol. The van der Waals surface area contributed by atoms with E-state index < -0.39 is 5.97 Å². The zero-order valence-electron chi connectivity index (χ0n) is 10.8. The number of carbonyl (C=O) groups is 1. The van der Waals surface area contributed by atoms with Gasteiger partial charge in [0.2, 0.25) is 5.76 Å². The molecule has 0 aromatic carbocycles. The Morgan fingerprint density at radius 1 is 1.39 bits per heavy atom. The molecule has 1 aliphatic rings. The van der Waals surface area contributed by atoms with Crippen molar-refractivity contribution in [2.45, 2.75) is 51.6 Å². The molecule has 1 fully saturated rings. The summed E-state index contributed by atoms with van der Waals surface area (Å²) in [6, 6.07) is 3.78. The van der Waals surface area contributed by atoms with E-state index in [9.17, 15) is 4.79 Å². The van der Waals surface area contributed by atoms with Crippen molar-refractivity contribution < 1.29 is 14.3 Å². The van der Waals surface area contributed by atoms with Crippen molar-refractivity contribution in [3.8, 4) is 0 Å². The SMILES string of the molecule is CCC1CCC(NCc2ccc(C(=O)O)o2)CC1. The normalized spacial score (nSPS) is 24.1. The van der Waals surface area contributed by atoms with Crippen LogP contribution in [0.25, 0.3) is 0 Å². The second-order valence-electron chi connectivity index (χ2n) is 5.08. The molecule has 2 N–H and O–H groups in total. The van der Waals surface area contributed by atoms with Crippen LogP contribution in [0.2, 0.25) is 0 Å². The highest BCUT2D eigenvalue weighted by Crippen LogP contribution is 2.26. The van der Waals surface area contributed by atoms with Crippen LogP contribution in [0.1, 0.15) is 55.3 Å². The summed E-state index contributed by atoms with van der Waals surface area (Å²) in [6.45, 7) is 2.88. The van der Waals surface area contributed by atoms with E-state index >= 15 is 0 Å². The molecule has 0 bridgehead atoms. The van der Waals surface area contributed by atoms with E-state index in [2.05, 4.69) is 12.2 Å². The van der Waals surface area contributed by atoms with Gasteiger partial charge in [-0.1, -0.05) is 13.3 Å². The van der Waals surface area contributed by atoms with Gasteiger partial charge in [0.1, 0.15) is 5.76 Å². The van der Waals surface area contributed by atoms with E-state index in [1.165, 1.54) is 38.2 Å². The first-order valence-electron chi connectivity index (χ1n) is 6.74.